The maximum Gasteiger partial charge on any atom is 0.403 e. The van der Waals surface area contributed by atoms with Crippen molar-refractivity contribution in [2.45, 2.75) is 70.7 Å². The van der Waals surface area contributed by atoms with Crippen molar-refractivity contribution in [2.75, 3.05) is 0 Å². The van der Waals surface area contributed by atoms with Gasteiger partial charge in [0.25, 0.3) is 0 Å². The zero-order chi connectivity index (χ0) is 21.7. The molecule has 0 unspecified atom stereocenters. The van der Waals surface area contributed by atoms with Gasteiger partial charge in [-0.05, 0) is 44.9 Å². The molecule has 0 aromatic carbocycles. The Hall–Kier alpha value is -0.840. The van der Waals surface area contributed by atoms with Gasteiger partial charge in [-0.3, -0.25) is 0 Å². The Labute approximate surface area is 147 Å². The molecule has 0 bridgehead atoms. The highest BCUT2D eigenvalue weighted by Gasteiger charge is 2.71. The maximum absolute atomic E-state index is 13.0. The zero-order valence-corrected chi connectivity index (χ0v) is 14.2. The number of rotatable bonds is 3. The van der Waals surface area contributed by atoms with E-state index in [2.05, 4.69) is 0 Å². The molecule has 0 spiro atoms. The Bertz CT molecular complexity index is 471. The third kappa shape index (κ3) is 4.28. The minimum Gasteiger partial charge on any atom is -0.170 e. The summed E-state index contributed by atoms with van der Waals surface area (Å²) in [6.07, 6.45) is -26.7. The number of halogens is 12. The molecule has 0 heterocycles. The molecule has 1 saturated carbocycles. The van der Waals surface area contributed by atoms with Crippen LogP contribution in [0.15, 0.2) is 0 Å². The van der Waals surface area contributed by atoms with Crippen molar-refractivity contribution in [1.29, 1.82) is 0 Å². The molecule has 27 heavy (non-hydrogen) atoms. The second-order valence-corrected chi connectivity index (χ2v) is 7.45. The van der Waals surface area contributed by atoms with Gasteiger partial charge in [0.15, 0.2) is 10.8 Å². The monoisotopic (exact) mass is 426 g/mol. The summed E-state index contributed by atoms with van der Waals surface area (Å²) in [4.78, 5) is 0. The average molecular weight is 426 g/mol. The molecule has 0 saturated heterocycles. The fraction of sp³-hybridized carbons (Fsp3) is 1.00. The van der Waals surface area contributed by atoms with Crippen LogP contribution < -0.4 is 0 Å². The van der Waals surface area contributed by atoms with Gasteiger partial charge in [0, 0.05) is 0 Å². The van der Waals surface area contributed by atoms with Crippen LogP contribution in [0.25, 0.3) is 0 Å². The molecule has 0 atom stereocenters. The van der Waals surface area contributed by atoms with Crippen molar-refractivity contribution < 1.29 is 52.7 Å². The standard InChI is InChI=1S/C15H18F12/c1-10(12(16,17)18,13(19,20)21)7-8-3-5-9(6-4-8)11(2,14(22,23)24)15(25,26)27/h8-9H,3-7H2,1-2H3. The van der Waals surface area contributed by atoms with E-state index in [1.807, 2.05) is 0 Å². The summed E-state index contributed by atoms with van der Waals surface area (Å²) in [7, 11) is 0. The van der Waals surface area contributed by atoms with Crippen LogP contribution in [0.4, 0.5) is 52.7 Å². The van der Waals surface area contributed by atoms with Gasteiger partial charge in [0.2, 0.25) is 0 Å². The molecule has 1 rings (SSSR count). The Morgan fingerprint density at radius 1 is 0.556 bits per heavy atom. The molecule has 0 N–H and O–H groups in total. The summed E-state index contributed by atoms with van der Waals surface area (Å²) in [5, 5.41) is 0. The number of alkyl halides is 12. The molecular formula is C15H18F12. The van der Waals surface area contributed by atoms with Gasteiger partial charge in [0.1, 0.15) is 0 Å². The van der Waals surface area contributed by atoms with Gasteiger partial charge in [-0.1, -0.05) is 12.8 Å². The molecule has 1 aliphatic carbocycles. The van der Waals surface area contributed by atoms with E-state index in [9.17, 15) is 52.7 Å². The molecule has 0 nitrogen and oxygen atoms in total. The van der Waals surface area contributed by atoms with Crippen LogP contribution >= 0.6 is 0 Å². The van der Waals surface area contributed by atoms with Gasteiger partial charge in [-0.2, -0.15) is 52.7 Å². The van der Waals surface area contributed by atoms with Crippen LogP contribution in [-0.2, 0) is 0 Å². The summed E-state index contributed by atoms with van der Waals surface area (Å²) in [5.41, 5.74) is -8.14. The summed E-state index contributed by atoms with van der Waals surface area (Å²) in [6.45, 7) is -0.0673. The first-order chi connectivity index (χ1) is 11.7. The predicted molar refractivity (Wildman–Crippen MR) is 70.5 cm³/mol. The third-order valence-corrected chi connectivity index (χ3v) is 5.79. The Balaban J connectivity index is 2.99. The first-order valence-electron chi connectivity index (χ1n) is 7.95. The number of hydrogen-bond acceptors (Lipinski definition) is 0. The molecule has 162 valence electrons. The van der Waals surface area contributed by atoms with Crippen molar-refractivity contribution in [3.8, 4) is 0 Å². The number of hydrogen-bond donors (Lipinski definition) is 0. The molecule has 12 heteroatoms. The zero-order valence-electron chi connectivity index (χ0n) is 14.2. The van der Waals surface area contributed by atoms with Crippen molar-refractivity contribution in [3.05, 3.63) is 0 Å². The Kier molecular flexibility index (Phi) is 6.18. The minimum absolute atomic E-state index is 0.0203. The minimum atomic E-state index is -5.64. The quantitative estimate of drug-likeness (QED) is 0.412. The Morgan fingerprint density at radius 2 is 0.889 bits per heavy atom. The lowest BCUT2D eigenvalue weighted by atomic mass is 9.64. The summed E-state index contributed by atoms with van der Waals surface area (Å²) < 4.78 is 156. The van der Waals surface area contributed by atoms with Crippen LogP contribution in [-0.4, -0.2) is 24.7 Å². The molecule has 0 aliphatic heterocycles. The maximum atomic E-state index is 13.0. The second-order valence-electron chi connectivity index (χ2n) is 7.45. The fourth-order valence-corrected chi connectivity index (χ4v) is 3.54. The average Bonchev–Trinajstić information content (AvgIpc) is 2.42. The summed E-state index contributed by atoms with van der Waals surface area (Å²) in [5.74, 6) is -3.24. The molecule has 1 aliphatic rings. The van der Waals surface area contributed by atoms with Crippen molar-refractivity contribution in [3.63, 3.8) is 0 Å². The molecule has 0 amide bonds. The van der Waals surface area contributed by atoms with Crippen molar-refractivity contribution >= 4 is 0 Å². The van der Waals surface area contributed by atoms with E-state index in [-0.39, 0.29) is 13.8 Å². The van der Waals surface area contributed by atoms with Crippen LogP contribution in [0, 0.1) is 22.7 Å². The Morgan fingerprint density at radius 3 is 1.15 bits per heavy atom. The fourth-order valence-electron chi connectivity index (χ4n) is 3.54. The predicted octanol–water partition coefficient (Wildman–Crippen LogP) is 7.44. The highest BCUT2D eigenvalue weighted by Crippen LogP contribution is 2.60. The highest BCUT2D eigenvalue weighted by atomic mass is 19.4. The lowest BCUT2D eigenvalue weighted by Crippen LogP contribution is -2.54. The van der Waals surface area contributed by atoms with E-state index in [1.165, 1.54) is 0 Å². The van der Waals surface area contributed by atoms with Gasteiger partial charge in [-0.15, -0.1) is 0 Å². The van der Waals surface area contributed by atoms with Gasteiger partial charge < -0.3 is 0 Å². The van der Waals surface area contributed by atoms with Gasteiger partial charge >= 0.3 is 24.7 Å². The second kappa shape index (κ2) is 6.89. The van der Waals surface area contributed by atoms with Crippen molar-refractivity contribution in [2.24, 2.45) is 22.7 Å². The van der Waals surface area contributed by atoms with E-state index in [0.29, 0.717) is 0 Å². The van der Waals surface area contributed by atoms with E-state index in [1.54, 1.807) is 0 Å². The van der Waals surface area contributed by atoms with E-state index in [0.717, 1.165) is 0 Å². The lowest BCUT2D eigenvalue weighted by molar-refractivity contribution is -0.355. The van der Waals surface area contributed by atoms with E-state index in [4.69, 9.17) is 0 Å². The third-order valence-electron chi connectivity index (χ3n) is 5.79. The molecule has 0 radical (unpaired) electrons. The lowest BCUT2D eigenvalue weighted by Gasteiger charge is -2.44. The highest BCUT2D eigenvalue weighted by molar-refractivity contribution is 4.98. The molecule has 0 aromatic heterocycles. The summed E-state index contributed by atoms with van der Waals surface area (Å²) >= 11 is 0. The first kappa shape index (κ1) is 24.2. The van der Waals surface area contributed by atoms with Gasteiger partial charge in [-0.25, -0.2) is 0 Å². The largest absolute Gasteiger partial charge is 0.403 e. The van der Waals surface area contributed by atoms with Crippen LogP contribution in [0.5, 0.6) is 0 Å². The van der Waals surface area contributed by atoms with Crippen LogP contribution in [0.1, 0.15) is 46.0 Å². The van der Waals surface area contributed by atoms with E-state index < -0.39 is 79.5 Å². The van der Waals surface area contributed by atoms with E-state index >= 15 is 0 Å². The first-order valence-corrected chi connectivity index (χ1v) is 7.95. The normalized spacial score (nSPS) is 24.2. The molecule has 0 aromatic rings. The summed E-state index contributed by atoms with van der Waals surface area (Å²) in [6, 6.07) is 0. The smallest absolute Gasteiger partial charge is 0.170 e. The van der Waals surface area contributed by atoms with Gasteiger partial charge in [0.05, 0.1) is 0 Å². The SMILES string of the molecule is CC(CC1CCC(C(C)(C(F)(F)F)C(F)(F)F)CC1)(C(F)(F)F)C(F)(F)F. The van der Waals surface area contributed by atoms with Crippen LogP contribution in [0.3, 0.4) is 0 Å². The molecule has 1 fully saturated rings. The van der Waals surface area contributed by atoms with Crippen LogP contribution in [0.2, 0.25) is 0 Å². The molecular weight excluding hydrogens is 408 g/mol. The van der Waals surface area contributed by atoms with Crippen molar-refractivity contribution in [1.82, 2.24) is 0 Å². The topological polar surface area (TPSA) is 0 Å².